The van der Waals surface area contributed by atoms with Crippen LogP contribution in [0.15, 0.2) is 78.9 Å². The maximum Gasteiger partial charge on any atom is 0.166 e. The van der Waals surface area contributed by atoms with Crippen molar-refractivity contribution in [2.45, 2.75) is 33.3 Å². The van der Waals surface area contributed by atoms with E-state index in [1.807, 2.05) is 56.3 Å². The number of rotatable bonds is 8. The van der Waals surface area contributed by atoms with E-state index in [0.29, 0.717) is 42.7 Å². The first-order valence-corrected chi connectivity index (χ1v) is 11.5. The van der Waals surface area contributed by atoms with E-state index in [4.69, 9.17) is 4.74 Å². The standard InChI is InChI=1S/C30H27F3O/c1-3-34-19-22-9-16-26(28(31)18-22)23-12-6-21(7-13-23)8-14-25-15-17-27(30(33)29(25)32)24-10-4-20(2)5-11-24/h4-7,9-13,15-18H,3,8,14,19H2,1-2H3. The number of ether oxygens (including phenoxy) is 1. The van der Waals surface area contributed by atoms with E-state index in [1.54, 1.807) is 30.3 Å². The average molecular weight is 461 g/mol. The SMILES string of the molecule is CCOCc1ccc(-c2ccc(CCc3ccc(-c4ccc(C)cc4)c(F)c3F)cc2)c(F)c1. The van der Waals surface area contributed by atoms with Gasteiger partial charge in [0.2, 0.25) is 0 Å². The third-order valence-corrected chi connectivity index (χ3v) is 5.98. The summed E-state index contributed by atoms with van der Waals surface area (Å²) in [5, 5.41) is 0. The van der Waals surface area contributed by atoms with Crippen LogP contribution in [0.5, 0.6) is 0 Å². The van der Waals surface area contributed by atoms with Crippen LogP contribution >= 0.6 is 0 Å². The van der Waals surface area contributed by atoms with Gasteiger partial charge in [0, 0.05) is 17.7 Å². The van der Waals surface area contributed by atoms with Crippen LogP contribution in [-0.2, 0) is 24.2 Å². The van der Waals surface area contributed by atoms with E-state index in [1.165, 1.54) is 6.07 Å². The van der Waals surface area contributed by atoms with Crippen LogP contribution in [0.25, 0.3) is 22.3 Å². The molecule has 0 bridgehead atoms. The Kier molecular flexibility index (Phi) is 7.49. The predicted octanol–water partition coefficient (Wildman–Crippen LogP) is 8.07. The minimum atomic E-state index is -0.819. The Morgan fingerprint density at radius 2 is 1.26 bits per heavy atom. The smallest absolute Gasteiger partial charge is 0.166 e. The fourth-order valence-electron chi connectivity index (χ4n) is 3.97. The molecule has 0 atom stereocenters. The third kappa shape index (κ3) is 5.40. The van der Waals surface area contributed by atoms with E-state index in [-0.39, 0.29) is 11.4 Å². The number of hydrogen-bond acceptors (Lipinski definition) is 1. The number of hydrogen-bond donors (Lipinski definition) is 0. The molecule has 0 heterocycles. The lowest BCUT2D eigenvalue weighted by Gasteiger charge is -2.10. The monoisotopic (exact) mass is 460 g/mol. The summed E-state index contributed by atoms with van der Waals surface area (Å²) in [6, 6.07) is 23.3. The normalized spacial score (nSPS) is 11.1. The summed E-state index contributed by atoms with van der Waals surface area (Å²) in [5.41, 5.74) is 5.38. The molecular weight excluding hydrogens is 433 g/mol. The quantitative estimate of drug-likeness (QED) is 0.258. The molecule has 0 radical (unpaired) electrons. The zero-order chi connectivity index (χ0) is 24.1. The van der Waals surface area contributed by atoms with Crippen molar-refractivity contribution in [3.8, 4) is 22.3 Å². The van der Waals surface area contributed by atoms with Crippen LogP contribution in [0.3, 0.4) is 0 Å². The van der Waals surface area contributed by atoms with Crippen molar-refractivity contribution in [2.75, 3.05) is 6.61 Å². The highest BCUT2D eigenvalue weighted by Gasteiger charge is 2.15. The Morgan fingerprint density at radius 3 is 1.94 bits per heavy atom. The number of halogens is 3. The van der Waals surface area contributed by atoms with Gasteiger partial charge in [-0.25, -0.2) is 13.2 Å². The zero-order valence-electron chi connectivity index (χ0n) is 19.4. The van der Waals surface area contributed by atoms with E-state index < -0.39 is 11.6 Å². The van der Waals surface area contributed by atoms with Crippen molar-refractivity contribution in [2.24, 2.45) is 0 Å². The summed E-state index contributed by atoms with van der Waals surface area (Å²) in [7, 11) is 0. The Labute approximate surface area is 198 Å². The van der Waals surface area contributed by atoms with Gasteiger partial charge in [-0.2, -0.15) is 0 Å². The molecule has 0 aliphatic carbocycles. The average Bonchev–Trinajstić information content (AvgIpc) is 2.85. The molecule has 174 valence electrons. The van der Waals surface area contributed by atoms with Crippen LogP contribution in [-0.4, -0.2) is 6.61 Å². The van der Waals surface area contributed by atoms with Crippen molar-refractivity contribution < 1.29 is 17.9 Å². The Morgan fingerprint density at radius 1 is 0.647 bits per heavy atom. The molecule has 0 aliphatic heterocycles. The highest BCUT2D eigenvalue weighted by Crippen LogP contribution is 2.28. The van der Waals surface area contributed by atoms with E-state index in [2.05, 4.69) is 0 Å². The fourth-order valence-corrected chi connectivity index (χ4v) is 3.97. The summed E-state index contributed by atoms with van der Waals surface area (Å²) in [6.07, 6.45) is 0.924. The second kappa shape index (κ2) is 10.7. The van der Waals surface area contributed by atoms with Crippen LogP contribution < -0.4 is 0 Å². The van der Waals surface area contributed by atoms with Gasteiger partial charge in [0.05, 0.1) is 6.61 Å². The molecule has 0 saturated carbocycles. The molecule has 1 nitrogen and oxygen atoms in total. The van der Waals surface area contributed by atoms with Crippen LogP contribution in [0.2, 0.25) is 0 Å². The molecule has 0 unspecified atom stereocenters. The molecule has 0 aromatic heterocycles. The summed E-state index contributed by atoms with van der Waals surface area (Å²) in [4.78, 5) is 0. The van der Waals surface area contributed by atoms with Crippen LogP contribution in [0, 0.1) is 24.4 Å². The Balaban J connectivity index is 1.44. The van der Waals surface area contributed by atoms with Crippen LogP contribution in [0.1, 0.15) is 29.2 Å². The molecule has 4 heteroatoms. The maximum absolute atomic E-state index is 14.7. The second-order valence-corrected chi connectivity index (χ2v) is 8.41. The predicted molar refractivity (Wildman–Crippen MR) is 131 cm³/mol. The first kappa shape index (κ1) is 23.8. The van der Waals surface area contributed by atoms with Gasteiger partial charge in [-0.3, -0.25) is 0 Å². The molecule has 0 spiro atoms. The lowest BCUT2D eigenvalue weighted by molar-refractivity contribution is 0.134. The first-order chi connectivity index (χ1) is 16.5. The maximum atomic E-state index is 14.7. The summed E-state index contributed by atoms with van der Waals surface area (Å²) >= 11 is 0. The lowest BCUT2D eigenvalue weighted by Crippen LogP contribution is -2.00. The van der Waals surface area contributed by atoms with Gasteiger partial charge < -0.3 is 4.74 Å². The van der Waals surface area contributed by atoms with Crippen molar-refractivity contribution in [1.29, 1.82) is 0 Å². The van der Waals surface area contributed by atoms with Gasteiger partial charge in [-0.15, -0.1) is 0 Å². The molecule has 0 aliphatic rings. The van der Waals surface area contributed by atoms with Gasteiger partial charge in [-0.05, 0) is 60.6 Å². The molecule has 4 aromatic rings. The molecule has 0 N–H and O–H groups in total. The zero-order valence-corrected chi connectivity index (χ0v) is 19.4. The van der Waals surface area contributed by atoms with Crippen molar-refractivity contribution >= 4 is 0 Å². The van der Waals surface area contributed by atoms with Crippen molar-refractivity contribution in [3.63, 3.8) is 0 Å². The van der Waals surface area contributed by atoms with Gasteiger partial charge in [0.1, 0.15) is 5.82 Å². The van der Waals surface area contributed by atoms with E-state index in [0.717, 1.165) is 22.3 Å². The van der Waals surface area contributed by atoms with Gasteiger partial charge in [0.25, 0.3) is 0 Å². The molecular formula is C30H27F3O. The summed E-state index contributed by atoms with van der Waals surface area (Å²) < 4.78 is 49.4. The highest BCUT2D eigenvalue weighted by molar-refractivity contribution is 5.66. The molecule has 0 saturated heterocycles. The number of benzene rings is 4. The fraction of sp³-hybridized carbons (Fsp3) is 0.200. The van der Waals surface area contributed by atoms with Gasteiger partial charge in [0.15, 0.2) is 11.6 Å². The van der Waals surface area contributed by atoms with Gasteiger partial charge in [-0.1, -0.05) is 78.4 Å². The topological polar surface area (TPSA) is 9.23 Å². The second-order valence-electron chi connectivity index (χ2n) is 8.41. The van der Waals surface area contributed by atoms with Gasteiger partial charge >= 0.3 is 0 Å². The minimum Gasteiger partial charge on any atom is -0.377 e. The largest absolute Gasteiger partial charge is 0.377 e. The molecule has 34 heavy (non-hydrogen) atoms. The highest BCUT2D eigenvalue weighted by atomic mass is 19.2. The minimum absolute atomic E-state index is 0.264. The van der Waals surface area contributed by atoms with E-state index in [9.17, 15) is 13.2 Å². The van der Waals surface area contributed by atoms with Crippen LogP contribution in [0.4, 0.5) is 13.2 Å². The van der Waals surface area contributed by atoms with Crippen molar-refractivity contribution in [3.05, 3.63) is 119 Å². The Bertz CT molecular complexity index is 1260. The lowest BCUT2D eigenvalue weighted by atomic mass is 9.97. The molecule has 0 fully saturated rings. The molecule has 0 amide bonds. The number of aryl methyl sites for hydroxylation is 3. The van der Waals surface area contributed by atoms with Crippen molar-refractivity contribution in [1.82, 2.24) is 0 Å². The molecule has 4 rings (SSSR count). The first-order valence-electron chi connectivity index (χ1n) is 11.5. The Hall–Kier alpha value is -3.37. The van der Waals surface area contributed by atoms with E-state index >= 15 is 0 Å². The molecule has 4 aromatic carbocycles. The third-order valence-electron chi connectivity index (χ3n) is 5.98. The summed E-state index contributed by atoms with van der Waals surface area (Å²) in [6.45, 7) is 4.82. The summed E-state index contributed by atoms with van der Waals surface area (Å²) in [5.74, 6) is -1.92.